The lowest BCUT2D eigenvalue weighted by atomic mass is 9.95. The third kappa shape index (κ3) is 5.07. The van der Waals surface area contributed by atoms with Gasteiger partial charge in [0.25, 0.3) is 0 Å². The van der Waals surface area contributed by atoms with Crippen molar-refractivity contribution in [1.29, 1.82) is 0 Å². The fourth-order valence-corrected chi connectivity index (χ4v) is 4.20. The summed E-state index contributed by atoms with van der Waals surface area (Å²) in [6.45, 7) is 6.46. The van der Waals surface area contributed by atoms with Crippen LogP contribution in [0.4, 0.5) is 0 Å². The SMILES string of the molecule is CN=C(NCC(C1CCOC1)N1CCOCC1)NC1CCCCC1. The van der Waals surface area contributed by atoms with Gasteiger partial charge in [-0.3, -0.25) is 9.89 Å². The Bertz CT molecular complexity index is 386. The fraction of sp³-hybridized carbons (Fsp3) is 0.944. The quantitative estimate of drug-likeness (QED) is 0.583. The molecule has 2 aliphatic heterocycles. The van der Waals surface area contributed by atoms with E-state index in [-0.39, 0.29) is 0 Å². The van der Waals surface area contributed by atoms with E-state index in [0.29, 0.717) is 18.0 Å². The first-order valence-corrected chi connectivity index (χ1v) is 9.73. The lowest BCUT2D eigenvalue weighted by Crippen LogP contribution is -2.54. The Labute approximate surface area is 146 Å². The molecule has 2 atom stereocenters. The number of guanidine groups is 1. The van der Waals surface area contributed by atoms with Crippen LogP contribution >= 0.6 is 0 Å². The van der Waals surface area contributed by atoms with Gasteiger partial charge in [-0.1, -0.05) is 19.3 Å². The Balaban J connectivity index is 1.52. The van der Waals surface area contributed by atoms with Crippen LogP contribution in [0.3, 0.4) is 0 Å². The van der Waals surface area contributed by atoms with Crippen LogP contribution in [0.2, 0.25) is 0 Å². The van der Waals surface area contributed by atoms with Crippen LogP contribution in [-0.4, -0.2) is 76.1 Å². The first kappa shape index (κ1) is 18.0. The Morgan fingerprint density at radius 1 is 1.08 bits per heavy atom. The Morgan fingerprint density at radius 3 is 2.54 bits per heavy atom. The van der Waals surface area contributed by atoms with E-state index in [4.69, 9.17) is 9.47 Å². The van der Waals surface area contributed by atoms with E-state index in [9.17, 15) is 0 Å². The van der Waals surface area contributed by atoms with Gasteiger partial charge in [-0.05, 0) is 19.3 Å². The van der Waals surface area contributed by atoms with Gasteiger partial charge in [0.2, 0.25) is 0 Å². The summed E-state index contributed by atoms with van der Waals surface area (Å²) in [5, 5.41) is 7.21. The van der Waals surface area contributed by atoms with Crippen molar-refractivity contribution in [1.82, 2.24) is 15.5 Å². The maximum absolute atomic E-state index is 5.65. The van der Waals surface area contributed by atoms with Gasteiger partial charge < -0.3 is 20.1 Å². The maximum atomic E-state index is 5.65. The molecule has 3 fully saturated rings. The minimum Gasteiger partial charge on any atom is -0.381 e. The average Bonchev–Trinajstić information content (AvgIpc) is 3.17. The van der Waals surface area contributed by atoms with Gasteiger partial charge >= 0.3 is 0 Å². The minimum atomic E-state index is 0.501. The molecule has 2 heterocycles. The van der Waals surface area contributed by atoms with Gasteiger partial charge in [-0.15, -0.1) is 0 Å². The Kier molecular flexibility index (Phi) is 7.17. The molecule has 0 aromatic heterocycles. The van der Waals surface area contributed by atoms with Crippen molar-refractivity contribution < 1.29 is 9.47 Å². The van der Waals surface area contributed by atoms with E-state index in [2.05, 4.69) is 20.5 Å². The van der Waals surface area contributed by atoms with Gasteiger partial charge in [0.1, 0.15) is 0 Å². The molecule has 24 heavy (non-hydrogen) atoms. The van der Waals surface area contributed by atoms with Crippen LogP contribution in [0.1, 0.15) is 38.5 Å². The zero-order valence-electron chi connectivity index (χ0n) is 15.1. The van der Waals surface area contributed by atoms with Crippen molar-refractivity contribution in [2.24, 2.45) is 10.9 Å². The van der Waals surface area contributed by atoms with Gasteiger partial charge in [0, 0.05) is 51.3 Å². The molecule has 2 N–H and O–H groups in total. The third-order valence-corrected chi connectivity index (χ3v) is 5.67. The number of rotatable bonds is 5. The van der Waals surface area contributed by atoms with Crippen molar-refractivity contribution in [3.05, 3.63) is 0 Å². The molecule has 0 spiro atoms. The predicted octanol–water partition coefficient (Wildman–Crippen LogP) is 1.22. The van der Waals surface area contributed by atoms with E-state index in [1.807, 2.05) is 7.05 Å². The lowest BCUT2D eigenvalue weighted by molar-refractivity contribution is 0.00245. The monoisotopic (exact) mass is 338 g/mol. The summed E-state index contributed by atoms with van der Waals surface area (Å²) in [5.41, 5.74) is 0. The standard InChI is InChI=1S/C18H34N4O2/c1-19-18(21-16-5-3-2-4-6-16)20-13-17(15-7-10-24-14-15)22-8-11-23-12-9-22/h15-17H,2-14H2,1H3,(H2,19,20,21). The van der Waals surface area contributed by atoms with Crippen molar-refractivity contribution in [3.63, 3.8) is 0 Å². The highest BCUT2D eigenvalue weighted by Gasteiger charge is 2.31. The van der Waals surface area contributed by atoms with Crippen LogP contribution in [-0.2, 0) is 9.47 Å². The van der Waals surface area contributed by atoms with Gasteiger partial charge in [-0.2, -0.15) is 0 Å². The summed E-state index contributed by atoms with van der Waals surface area (Å²) in [4.78, 5) is 7.02. The van der Waals surface area contributed by atoms with Gasteiger partial charge in [0.15, 0.2) is 5.96 Å². The second kappa shape index (κ2) is 9.59. The molecule has 0 bridgehead atoms. The average molecular weight is 338 g/mol. The van der Waals surface area contributed by atoms with Crippen molar-refractivity contribution in [2.45, 2.75) is 50.6 Å². The summed E-state index contributed by atoms with van der Waals surface area (Å²) >= 11 is 0. The van der Waals surface area contributed by atoms with Crippen LogP contribution in [0.5, 0.6) is 0 Å². The molecule has 0 radical (unpaired) electrons. The number of nitrogens with one attached hydrogen (secondary N) is 2. The first-order valence-electron chi connectivity index (χ1n) is 9.73. The van der Waals surface area contributed by atoms with Crippen LogP contribution < -0.4 is 10.6 Å². The fourth-order valence-electron chi connectivity index (χ4n) is 4.20. The molecule has 138 valence electrons. The van der Waals surface area contributed by atoms with E-state index in [1.54, 1.807) is 0 Å². The topological polar surface area (TPSA) is 58.1 Å². The zero-order chi connectivity index (χ0) is 16.6. The molecule has 0 amide bonds. The van der Waals surface area contributed by atoms with Crippen molar-refractivity contribution >= 4 is 5.96 Å². The molecule has 0 aromatic carbocycles. The number of ether oxygens (including phenoxy) is 2. The van der Waals surface area contributed by atoms with Gasteiger partial charge in [-0.25, -0.2) is 0 Å². The Hall–Kier alpha value is -0.850. The van der Waals surface area contributed by atoms with Crippen molar-refractivity contribution in [3.8, 4) is 0 Å². The van der Waals surface area contributed by atoms with Crippen LogP contribution in [0.15, 0.2) is 4.99 Å². The molecule has 6 heteroatoms. The summed E-state index contributed by atoms with van der Waals surface area (Å²) in [6.07, 6.45) is 7.76. The molecular formula is C18H34N4O2. The highest BCUT2D eigenvalue weighted by Crippen LogP contribution is 2.22. The zero-order valence-corrected chi connectivity index (χ0v) is 15.1. The second-order valence-corrected chi connectivity index (χ2v) is 7.27. The van der Waals surface area contributed by atoms with Crippen LogP contribution in [0.25, 0.3) is 0 Å². The highest BCUT2D eigenvalue weighted by molar-refractivity contribution is 5.80. The number of morpholine rings is 1. The molecule has 2 saturated heterocycles. The third-order valence-electron chi connectivity index (χ3n) is 5.67. The summed E-state index contributed by atoms with van der Waals surface area (Å²) in [5.74, 6) is 1.57. The smallest absolute Gasteiger partial charge is 0.191 e. The number of nitrogens with zero attached hydrogens (tertiary/aromatic N) is 2. The summed E-state index contributed by atoms with van der Waals surface area (Å²) < 4.78 is 11.2. The first-order chi connectivity index (χ1) is 11.9. The molecule has 1 saturated carbocycles. The van der Waals surface area contributed by atoms with Crippen molar-refractivity contribution in [2.75, 3.05) is 53.1 Å². The minimum absolute atomic E-state index is 0.501. The number of hydrogen-bond donors (Lipinski definition) is 2. The maximum Gasteiger partial charge on any atom is 0.191 e. The van der Waals surface area contributed by atoms with E-state index in [0.717, 1.165) is 52.0 Å². The molecule has 6 nitrogen and oxygen atoms in total. The Morgan fingerprint density at radius 2 is 1.88 bits per heavy atom. The summed E-state index contributed by atoms with van der Waals surface area (Å²) in [7, 11) is 1.88. The highest BCUT2D eigenvalue weighted by atomic mass is 16.5. The molecule has 3 aliphatic rings. The molecule has 3 rings (SSSR count). The summed E-state index contributed by atoms with van der Waals surface area (Å²) in [6, 6.07) is 1.09. The molecule has 2 unspecified atom stereocenters. The molecule has 1 aliphatic carbocycles. The van der Waals surface area contributed by atoms with Crippen LogP contribution in [0, 0.1) is 5.92 Å². The lowest BCUT2D eigenvalue weighted by Gasteiger charge is -2.38. The normalized spacial score (nSPS) is 28.7. The van der Waals surface area contributed by atoms with E-state index < -0.39 is 0 Å². The predicted molar refractivity (Wildman–Crippen MR) is 96.5 cm³/mol. The second-order valence-electron chi connectivity index (χ2n) is 7.27. The van der Waals surface area contributed by atoms with E-state index in [1.165, 1.54) is 38.5 Å². The number of aliphatic imine (C=N–C) groups is 1. The number of hydrogen-bond acceptors (Lipinski definition) is 4. The molecule has 0 aromatic rings. The van der Waals surface area contributed by atoms with Gasteiger partial charge in [0.05, 0.1) is 19.8 Å². The van der Waals surface area contributed by atoms with E-state index >= 15 is 0 Å². The molecular weight excluding hydrogens is 304 g/mol. The largest absolute Gasteiger partial charge is 0.381 e.